The summed E-state index contributed by atoms with van der Waals surface area (Å²) in [7, 11) is 0. The standard InChI is InChI=1S/C7H13N3O4/c1-7(2,3)14-6(12)13-5(11)10-4(8)9/h1-3H3,(H4,8,9,10,11). The summed E-state index contributed by atoms with van der Waals surface area (Å²) in [5, 5.41) is 0. The molecule has 0 saturated heterocycles. The van der Waals surface area contributed by atoms with Gasteiger partial charge in [0.15, 0.2) is 5.96 Å². The van der Waals surface area contributed by atoms with Gasteiger partial charge in [0.2, 0.25) is 0 Å². The molecule has 14 heavy (non-hydrogen) atoms. The van der Waals surface area contributed by atoms with Crippen molar-refractivity contribution in [2.24, 2.45) is 16.5 Å². The number of amides is 1. The molecule has 0 bridgehead atoms. The van der Waals surface area contributed by atoms with Crippen molar-refractivity contribution in [1.82, 2.24) is 0 Å². The summed E-state index contributed by atoms with van der Waals surface area (Å²) < 4.78 is 8.75. The highest BCUT2D eigenvalue weighted by Crippen LogP contribution is 2.08. The molecule has 1 amide bonds. The van der Waals surface area contributed by atoms with E-state index in [1.54, 1.807) is 20.8 Å². The molecule has 0 aromatic heterocycles. The first-order valence-corrected chi connectivity index (χ1v) is 3.75. The van der Waals surface area contributed by atoms with Gasteiger partial charge in [-0.25, -0.2) is 9.59 Å². The number of carbonyl (C=O) groups is 2. The molecule has 7 nitrogen and oxygen atoms in total. The van der Waals surface area contributed by atoms with E-state index in [0.717, 1.165) is 0 Å². The van der Waals surface area contributed by atoms with E-state index >= 15 is 0 Å². The van der Waals surface area contributed by atoms with Crippen LogP contribution in [0.15, 0.2) is 4.99 Å². The molecule has 4 N–H and O–H groups in total. The van der Waals surface area contributed by atoms with Crippen LogP contribution < -0.4 is 11.5 Å². The molecule has 7 heteroatoms. The van der Waals surface area contributed by atoms with E-state index in [9.17, 15) is 9.59 Å². The maximum Gasteiger partial charge on any atom is 0.518 e. The van der Waals surface area contributed by atoms with Gasteiger partial charge in [-0.1, -0.05) is 0 Å². The summed E-state index contributed by atoms with van der Waals surface area (Å²) in [6.45, 7) is 4.87. The minimum atomic E-state index is -1.21. The maximum atomic E-state index is 10.8. The number of guanidine groups is 1. The summed E-state index contributed by atoms with van der Waals surface area (Å²) in [6.07, 6.45) is -2.35. The molecule has 0 fully saturated rings. The highest BCUT2D eigenvalue weighted by Gasteiger charge is 2.19. The molecule has 0 unspecified atom stereocenters. The van der Waals surface area contributed by atoms with Gasteiger partial charge in [-0.05, 0) is 20.8 Å². The van der Waals surface area contributed by atoms with Gasteiger partial charge in [0.05, 0.1) is 0 Å². The molecule has 0 radical (unpaired) electrons. The molecular formula is C7H13N3O4. The minimum absolute atomic E-state index is 0.487. The van der Waals surface area contributed by atoms with Gasteiger partial charge in [-0.15, -0.1) is 4.99 Å². The number of aliphatic imine (C=N–C) groups is 1. The first-order valence-electron chi connectivity index (χ1n) is 3.75. The highest BCUT2D eigenvalue weighted by atomic mass is 16.8. The largest absolute Gasteiger partial charge is 0.518 e. The lowest BCUT2D eigenvalue weighted by Crippen LogP contribution is -2.27. The van der Waals surface area contributed by atoms with Crippen LogP contribution in [0.25, 0.3) is 0 Å². The smallest absolute Gasteiger partial charge is 0.428 e. The molecule has 0 aromatic carbocycles. The Morgan fingerprint density at radius 2 is 1.71 bits per heavy atom. The molecule has 0 aliphatic carbocycles. The van der Waals surface area contributed by atoms with Crippen molar-refractivity contribution in [1.29, 1.82) is 0 Å². The number of ether oxygens (including phenoxy) is 2. The van der Waals surface area contributed by atoms with E-state index in [-0.39, 0.29) is 0 Å². The molecule has 0 atom stereocenters. The van der Waals surface area contributed by atoms with Crippen molar-refractivity contribution in [2.75, 3.05) is 0 Å². The Bertz CT molecular complexity index is 263. The van der Waals surface area contributed by atoms with Gasteiger partial charge in [-0.2, -0.15) is 0 Å². The van der Waals surface area contributed by atoms with Crippen LogP contribution >= 0.6 is 0 Å². The van der Waals surface area contributed by atoms with Crippen LogP contribution in [0.3, 0.4) is 0 Å². The van der Waals surface area contributed by atoms with Crippen LogP contribution in [0.2, 0.25) is 0 Å². The average molecular weight is 203 g/mol. The lowest BCUT2D eigenvalue weighted by Gasteiger charge is -2.17. The van der Waals surface area contributed by atoms with E-state index in [1.807, 2.05) is 0 Å². The fraction of sp³-hybridized carbons (Fsp3) is 0.571. The Morgan fingerprint density at radius 1 is 1.21 bits per heavy atom. The number of nitrogens with zero attached hydrogens (tertiary/aromatic N) is 1. The Hall–Kier alpha value is -1.79. The predicted octanol–water partition coefficient (Wildman–Crippen LogP) is 0.332. The van der Waals surface area contributed by atoms with Gasteiger partial charge in [0.1, 0.15) is 5.60 Å². The minimum Gasteiger partial charge on any atom is -0.428 e. The summed E-state index contributed by atoms with van der Waals surface area (Å²) in [4.78, 5) is 24.5. The van der Waals surface area contributed by atoms with Crippen LogP contribution in [-0.2, 0) is 9.47 Å². The van der Waals surface area contributed by atoms with E-state index in [4.69, 9.17) is 11.5 Å². The Labute approximate surface area is 81.1 Å². The zero-order chi connectivity index (χ0) is 11.4. The normalized spacial score (nSPS) is 10.2. The number of hydrogen-bond acceptors (Lipinski definition) is 4. The second-order valence-electron chi connectivity index (χ2n) is 3.37. The van der Waals surface area contributed by atoms with E-state index in [1.165, 1.54) is 0 Å². The van der Waals surface area contributed by atoms with Crippen molar-refractivity contribution in [2.45, 2.75) is 26.4 Å². The topological polar surface area (TPSA) is 117 Å². The summed E-state index contributed by atoms with van der Waals surface area (Å²) in [5.74, 6) is -0.487. The third kappa shape index (κ3) is 6.89. The second-order valence-corrected chi connectivity index (χ2v) is 3.37. The average Bonchev–Trinajstić information content (AvgIpc) is 1.77. The molecule has 0 aromatic rings. The fourth-order valence-corrected chi connectivity index (χ4v) is 0.470. The van der Waals surface area contributed by atoms with Crippen LogP contribution in [0.1, 0.15) is 20.8 Å². The van der Waals surface area contributed by atoms with Gasteiger partial charge >= 0.3 is 12.2 Å². The van der Waals surface area contributed by atoms with Crippen molar-refractivity contribution < 1.29 is 19.1 Å². The van der Waals surface area contributed by atoms with Crippen LogP contribution in [0.5, 0.6) is 0 Å². The molecule has 80 valence electrons. The van der Waals surface area contributed by atoms with Crippen LogP contribution in [0, 0.1) is 0 Å². The Kier molecular flexibility index (Phi) is 3.88. The molecule has 0 heterocycles. The van der Waals surface area contributed by atoms with Crippen LogP contribution in [-0.4, -0.2) is 23.8 Å². The van der Waals surface area contributed by atoms with Gasteiger partial charge in [-0.3, -0.25) is 0 Å². The number of rotatable bonds is 0. The zero-order valence-electron chi connectivity index (χ0n) is 8.23. The number of nitrogens with two attached hydrogens (primary N) is 2. The molecule has 0 aliphatic heterocycles. The zero-order valence-corrected chi connectivity index (χ0v) is 8.23. The maximum absolute atomic E-state index is 10.8. The van der Waals surface area contributed by atoms with Crippen molar-refractivity contribution in [3.63, 3.8) is 0 Å². The van der Waals surface area contributed by atoms with E-state index in [2.05, 4.69) is 14.5 Å². The van der Waals surface area contributed by atoms with Crippen LogP contribution in [0.4, 0.5) is 9.59 Å². The third-order valence-electron chi connectivity index (χ3n) is 0.781. The Morgan fingerprint density at radius 3 is 2.07 bits per heavy atom. The molecule has 0 aliphatic rings. The highest BCUT2D eigenvalue weighted by molar-refractivity contribution is 5.91. The number of hydrogen-bond donors (Lipinski definition) is 2. The molecule has 0 spiro atoms. The number of carbonyl (C=O) groups excluding carboxylic acids is 2. The summed E-state index contributed by atoms with van der Waals surface area (Å²) >= 11 is 0. The first kappa shape index (κ1) is 12.2. The lowest BCUT2D eigenvalue weighted by atomic mass is 10.2. The SMILES string of the molecule is CC(C)(C)OC(=O)OC(=O)N=C(N)N. The molecular weight excluding hydrogens is 190 g/mol. The van der Waals surface area contributed by atoms with Gasteiger partial charge < -0.3 is 20.9 Å². The van der Waals surface area contributed by atoms with Crippen molar-refractivity contribution >= 4 is 18.2 Å². The summed E-state index contributed by atoms with van der Waals surface area (Å²) in [5.41, 5.74) is 9.00. The second kappa shape index (κ2) is 4.45. The Balaban J connectivity index is 4.09. The predicted molar refractivity (Wildman–Crippen MR) is 48.5 cm³/mol. The van der Waals surface area contributed by atoms with E-state index in [0.29, 0.717) is 0 Å². The lowest BCUT2D eigenvalue weighted by molar-refractivity contribution is 0.0105. The van der Waals surface area contributed by atoms with Crippen molar-refractivity contribution in [3.8, 4) is 0 Å². The quantitative estimate of drug-likeness (QED) is 0.253. The fourth-order valence-electron chi connectivity index (χ4n) is 0.470. The monoisotopic (exact) mass is 203 g/mol. The summed E-state index contributed by atoms with van der Waals surface area (Å²) in [6, 6.07) is 0. The molecule has 0 rings (SSSR count). The van der Waals surface area contributed by atoms with Gasteiger partial charge in [0.25, 0.3) is 0 Å². The van der Waals surface area contributed by atoms with E-state index < -0.39 is 23.8 Å². The first-order chi connectivity index (χ1) is 6.20. The van der Waals surface area contributed by atoms with Gasteiger partial charge in [0, 0.05) is 0 Å². The third-order valence-corrected chi connectivity index (χ3v) is 0.781. The molecule has 0 saturated carbocycles. The van der Waals surface area contributed by atoms with Crippen molar-refractivity contribution in [3.05, 3.63) is 0 Å².